The van der Waals surface area contributed by atoms with Crippen molar-refractivity contribution >= 4 is 17.0 Å². The third-order valence-electron chi connectivity index (χ3n) is 2.42. The summed E-state index contributed by atoms with van der Waals surface area (Å²) in [5, 5.41) is 0. The normalized spacial score (nSPS) is 20.9. The summed E-state index contributed by atoms with van der Waals surface area (Å²) in [6.07, 6.45) is 3.61. The van der Waals surface area contributed by atoms with Gasteiger partial charge in [0.1, 0.15) is 0 Å². The third kappa shape index (κ3) is 1.70. The van der Waals surface area contributed by atoms with Gasteiger partial charge in [0.15, 0.2) is 0 Å². The number of nitrogens with two attached hydrogens (primary N) is 1. The molecule has 2 heteroatoms. The molecular formula is C10H14BrN. The van der Waals surface area contributed by atoms with E-state index in [1.807, 2.05) is 0 Å². The van der Waals surface area contributed by atoms with Crippen LogP contribution >= 0.6 is 17.0 Å². The minimum Gasteiger partial charge on any atom is -0.324 e. The first-order valence-corrected chi connectivity index (χ1v) is 4.21. The largest absolute Gasteiger partial charge is 0.324 e. The number of hydrogen-bond acceptors (Lipinski definition) is 1. The summed E-state index contributed by atoms with van der Waals surface area (Å²) >= 11 is 0. The second-order valence-electron chi connectivity index (χ2n) is 3.20. The van der Waals surface area contributed by atoms with Gasteiger partial charge in [0, 0.05) is 6.04 Å². The summed E-state index contributed by atoms with van der Waals surface area (Å²) < 4.78 is 0. The SMILES string of the molecule is Br.NC1CCCc2ccccc21. The molecule has 0 heterocycles. The molecule has 0 saturated carbocycles. The molecule has 0 amide bonds. The highest BCUT2D eigenvalue weighted by Gasteiger charge is 2.14. The lowest BCUT2D eigenvalue weighted by Crippen LogP contribution is -2.16. The average Bonchev–Trinajstić information content (AvgIpc) is 2.06. The van der Waals surface area contributed by atoms with E-state index in [0.717, 1.165) is 6.42 Å². The van der Waals surface area contributed by atoms with Crippen LogP contribution in [0, 0.1) is 0 Å². The summed E-state index contributed by atoms with van der Waals surface area (Å²) in [6, 6.07) is 8.80. The molecule has 0 aliphatic heterocycles. The molecule has 0 radical (unpaired) electrons. The highest BCUT2D eigenvalue weighted by atomic mass is 79.9. The molecule has 0 aromatic heterocycles. The van der Waals surface area contributed by atoms with Crippen molar-refractivity contribution in [3.63, 3.8) is 0 Å². The Morgan fingerprint density at radius 1 is 1.25 bits per heavy atom. The van der Waals surface area contributed by atoms with Crippen LogP contribution in [-0.2, 0) is 6.42 Å². The molecule has 1 aliphatic carbocycles. The fraction of sp³-hybridized carbons (Fsp3) is 0.400. The fourth-order valence-corrected chi connectivity index (χ4v) is 1.79. The van der Waals surface area contributed by atoms with Gasteiger partial charge in [-0.3, -0.25) is 0 Å². The molecule has 1 unspecified atom stereocenters. The topological polar surface area (TPSA) is 26.0 Å². The Balaban J connectivity index is 0.000000720. The van der Waals surface area contributed by atoms with E-state index in [1.165, 1.54) is 24.0 Å². The van der Waals surface area contributed by atoms with Crippen molar-refractivity contribution in [3.8, 4) is 0 Å². The number of fused-ring (bicyclic) bond motifs is 1. The maximum Gasteiger partial charge on any atom is 0.0297 e. The molecule has 0 spiro atoms. The van der Waals surface area contributed by atoms with Crippen molar-refractivity contribution in [2.24, 2.45) is 5.73 Å². The van der Waals surface area contributed by atoms with Crippen LogP contribution in [0.2, 0.25) is 0 Å². The molecule has 66 valence electrons. The average molecular weight is 228 g/mol. The first kappa shape index (κ1) is 9.75. The summed E-state index contributed by atoms with van der Waals surface area (Å²) in [5.74, 6) is 0. The number of aryl methyl sites for hydroxylation is 1. The molecule has 1 atom stereocenters. The van der Waals surface area contributed by atoms with Crippen molar-refractivity contribution in [2.75, 3.05) is 0 Å². The Morgan fingerprint density at radius 2 is 2.00 bits per heavy atom. The highest BCUT2D eigenvalue weighted by molar-refractivity contribution is 8.93. The van der Waals surface area contributed by atoms with Gasteiger partial charge in [-0.1, -0.05) is 24.3 Å². The molecule has 0 bridgehead atoms. The van der Waals surface area contributed by atoms with Crippen LogP contribution in [0.25, 0.3) is 0 Å². The maximum absolute atomic E-state index is 5.95. The van der Waals surface area contributed by atoms with Crippen molar-refractivity contribution < 1.29 is 0 Å². The summed E-state index contributed by atoms with van der Waals surface area (Å²) in [7, 11) is 0. The number of halogens is 1. The molecule has 0 fully saturated rings. The van der Waals surface area contributed by atoms with Gasteiger partial charge in [-0.15, -0.1) is 17.0 Å². The van der Waals surface area contributed by atoms with E-state index in [9.17, 15) is 0 Å². The van der Waals surface area contributed by atoms with E-state index in [4.69, 9.17) is 5.73 Å². The first-order chi connectivity index (χ1) is 5.38. The number of hydrogen-bond donors (Lipinski definition) is 1. The van der Waals surface area contributed by atoms with E-state index in [-0.39, 0.29) is 17.0 Å². The Hall–Kier alpha value is -0.340. The van der Waals surface area contributed by atoms with Crippen LogP contribution in [0.15, 0.2) is 24.3 Å². The van der Waals surface area contributed by atoms with Crippen LogP contribution in [0.1, 0.15) is 30.0 Å². The van der Waals surface area contributed by atoms with Crippen molar-refractivity contribution in [2.45, 2.75) is 25.3 Å². The maximum atomic E-state index is 5.95. The molecule has 12 heavy (non-hydrogen) atoms. The fourth-order valence-electron chi connectivity index (χ4n) is 1.79. The van der Waals surface area contributed by atoms with Gasteiger partial charge in [0.25, 0.3) is 0 Å². The van der Waals surface area contributed by atoms with Gasteiger partial charge in [-0.2, -0.15) is 0 Å². The number of rotatable bonds is 0. The van der Waals surface area contributed by atoms with Crippen molar-refractivity contribution in [3.05, 3.63) is 35.4 Å². The zero-order valence-electron chi connectivity index (χ0n) is 6.99. The minimum absolute atomic E-state index is 0. The van der Waals surface area contributed by atoms with E-state index >= 15 is 0 Å². The second kappa shape index (κ2) is 4.06. The number of benzene rings is 1. The van der Waals surface area contributed by atoms with Crippen LogP contribution in [0.4, 0.5) is 0 Å². The molecular weight excluding hydrogens is 214 g/mol. The third-order valence-corrected chi connectivity index (χ3v) is 2.42. The predicted molar refractivity (Wildman–Crippen MR) is 56.6 cm³/mol. The molecule has 1 nitrogen and oxygen atoms in total. The second-order valence-corrected chi connectivity index (χ2v) is 3.20. The highest BCUT2D eigenvalue weighted by Crippen LogP contribution is 2.26. The molecule has 1 aliphatic rings. The lowest BCUT2D eigenvalue weighted by Gasteiger charge is -2.21. The minimum atomic E-state index is 0. The summed E-state index contributed by atoms with van der Waals surface area (Å²) in [6.45, 7) is 0. The lowest BCUT2D eigenvalue weighted by molar-refractivity contribution is 0.570. The van der Waals surface area contributed by atoms with E-state index in [1.54, 1.807) is 0 Å². The smallest absolute Gasteiger partial charge is 0.0297 e. The molecule has 0 saturated heterocycles. The zero-order chi connectivity index (χ0) is 7.68. The van der Waals surface area contributed by atoms with Gasteiger partial charge in [0.05, 0.1) is 0 Å². The Kier molecular flexibility index (Phi) is 3.29. The molecule has 1 aromatic rings. The predicted octanol–water partition coefficient (Wildman–Crippen LogP) is 2.60. The van der Waals surface area contributed by atoms with E-state index in [0.29, 0.717) is 6.04 Å². The summed E-state index contributed by atoms with van der Waals surface area (Å²) in [4.78, 5) is 0. The van der Waals surface area contributed by atoms with Crippen LogP contribution in [0.5, 0.6) is 0 Å². The molecule has 1 aromatic carbocycles. The van der Waals surface area contributed by atoms with E-state index < -0.39 is 0 Å². The Morgan fingerprint density at radius 3 is 2.75 bits per heavy atom. The molecule has 2 rings (SSSR count). The van der Waals surface area contributed by atoms with Gasteiger partial charge >= 0.3 is 0 Å². The first-order valence-electron chi connectivity index (χ1n) is 4.21. The van der Waals surface area contributed by atoms with Gasteiger partial charge in [0.2, 0.25) is 0 Å². The van der Waals surface area contributed by atoms with Crippen LogP contribution in [-0.4, -0.2) is 0 Å². The van der Waals surface area contributed by atoms with Gasteiger partial charge in [-0.25, -0.2) is 0 Å². The van der Waals surface area contributed by atoms with Crippen molar-refractivity contribution in [1.82, 2.24) is 0 Å². The van der Waals surface area contributed by atoms with Crippen molar-refractivity contribution in [1.29, 1.82) is 0 Å². The van der Waals surface area contributed by atoms with Gasteiger partial charge in [-0.05, 0) is 30.4 Å². The summed E-state index contributed by atoms with van der Waals surface area (Å²) in [5.41, 5.74) is 8.76. The van der Waals surface area contributed by atoms with Crippen LogP contribution in [0.3, 0.4) is 0 Å². The standard InChI is InChI=1S/C10H13N.BrH/c11-10-7-3-5-8-4-1-2-6-9(8)10;/h1-2,4,6,10H,3,5,7,11H2;1H. The Labute approximate surface area is 83.7 Å². The Bertz CT molecular complexity index is 260. The monoisotopic (exact) mass is 227 g/mol. The van der Waals surface area contributed by atoms with Crippen LogP contribution < -0.4 is 5.73 Å². The molecule has 2 N–H and O–H groups in total. The van der Waals surface area contributed by atoms with Gasteiger partial charge < -0.3 is 5.73 Å². The quantitative estimate of drug-likeness (QED) is 0.725. The zero-order valence-corrected chi connectivity index (χ0v) is 8.71. The lowest BCUT2D eigenvalue weighted by atomic mass is 9.88. The van der Waals surface area contributed by atoms with E-state index in [2.05, 4.69) is 24.3 Å².